The van der Waals surface area contributed by atoms with Gasteiger partial charge in [0.1, 0.15) is 11.5 Å². The Morgan fingerprint density at radius 3 is 2.88 bits per heavy atom. The van der Waals surface area contributed by atoms with Gasteiger partial charge in [0, 0.05) is 11.9 Å². The third-order valence-corrected chi connectivity index (χ3v) is 2.64. The Kier molecular flexibility index (Phi) is 3.10. The van der Waals surface area contributed by atoms with Crippen molar-refractivity contribution in [2.75, 3.05) is 7.05 Å². The van der Waals surface area contributed by atoms with Crippen LogP contribution in [0.3, 0.4) is 0 Å². The zero-order chi connectivity index (χ0) is 11.5. The molecule has 0 unspecified atom stereocenters. The molecule has 4 heteroatoms. The van der Waals surface area contributed by atoms with Gasteiger partial charge in [-0.1, -0.05) is 0 Å². The van der Waals surface area contributed by atoms with Gasteiger partial charge in [0.15, 0.2) is 0 Å². The summed E-state index contributed by atoms with van der Waals surface area (Å²) in [5, 5.41) is 7.33. The summed E-state index contributed by atoms with van der Waals surface area (Å²) < 4.78 is 7.69. The molecule has 0 aliphatic rings. The van der Waals surface area contributed by atoms with E-state index in [2.05, 4.69) is 23.4 Å². The van der Waals surface area contributed by atoms with Crippen LogP contribution in [0.25, 0.3) is 0 Å². The lowest BCUT2D eigenvalue weighted by molar-refractivity contribution is 0.433. The van der Waals surface area contributed by atoms with Crippen LogP contribution in [0.4, 0.5) is 0 Å². The van der Waals surface area contributed by atoms with Gasteiger partial charge in [0.2, 0.25) is 0 Å². The normalized spacial score (nSPS) is 10.9. The summed E-state index contributed by atoms with van der Waals surface area (Å²) >= 11 is 0. The van der Waals surface area contributed by atoms with Gasteiger partial charge in [-0.15, -0.1) is 0 Å². The van der Waals surface area contributed by atoms with Crippen LogP contribution in [0, 0.1) is 13.8 Å². The Morgan fingerprint density at radius 2 is 2.25 bits per heavy atom. The summed E-state index contributed by atoms with van der Waals surface area (Å²) in [4.78, 5) is 0. The average Bonchev–Trinajstić information content (AvgIpc) is 2.77. The first-order valence-corrected chi connectivity index (χ1v) is 5.42. The lowest BCUT2D eigenvalue weighted by Gasteiger charge is -2.01. The van der Waals surface area contributed by atoms with Gasteiger partial charge in [-0.05, 0) is 38.6 Å². The average molecular weight is 219 g/mol. The maximum absolute atomic E-state index is 5.76. The number of hydrogen-bond donors (Lipinski definition) is 1. The molecule has 0 bridgehead atoms. The van der Waals surface area contributed by atoms with Crippen LogP contribution in [0.1, 0.15) is 22.8 Å². The molecule has 2 aromatic heterocycles. The van der Waals surface area contributed by atoms with E-state index in [1.165, 1.54) is 5.56 Å². The van der Waals surface area contributed by atoms with Crippen molar-refractivity contribution in [3.63, 3.8) is 0 Å². The molecule has 0 aromatic carbocycles. The van der Waals surface area contributed by atoms with E-state index in [-0.39, 0.29) is 0 Å². The van der Waals surface area contributed by atoms with Crippen molar-refractivity contribution in [3.05, 3.63) is 41.1 Å². The van der Waals surface area contributed by atoms with Crippen molar-refractivity contribution in [1.29, 1.82) is 0 Å². The van der Waals surface area contributed by atoms with Gasteiger partial charge in [0.25, 0.3) is 0 Å². The highest BCUT2D eigenvalue weighted by Crippen LogP contribution is 2.15. The SMILES string of the molecule is CNCc1oc(Cn2nccc2C)cc1C. The molecule has 0 atom stereocenters. The van der Waals surface area contributed by atoms with Gasteiger partial charge in [-0.3, -0.25) is 4.68 Å². The first-order chi connectivity index (χ1) is 7.70. The van der Waals surface area contributed by atoms with Crippen molar-refractivity contribution in [3.8, 4) is 0 Å². The Morgan fingerprint density at radius 1 is 1.44 bits per heavy atom. The molecule has 0 aliphatic carbocycles. The van der Waals surface area contributed by atoms with Gasteiger partial charge >= 0.3 is 0 Å². The Balaban J connectivity index is 2.16. The Hall–Kier alpha value is -1.55. The minimum absolute atomic E-state index is 0.698. The number of rotatable bonds is 4. The quantitative estimate of drug-likeness (QED) is 0.853. The van der Waals surface area contributed by atoms with Crippen LogP contribution in [0.2, 0.25) is 0 Å². The molecule has 0 fully saturated rings. The highest BCUT2D eigenvalue weighted by Gasteiger charge is 2.08. The van der Waals surface area contributed by atoms with Crippen molar-refractivity contribution >= 4 is 0 Å². The zero-order valence-electron chi connectivity index (χ0n) is 9.95. The third-order valence-electron chi connectivity index (χ3n) is 2.64. The van der Waals surface area contributed by atoms with E-state index < -0.39 is 0 Å². The molecule has 4 nitrogen and oxygen atoms in total. The highest BCUT2D eigenvalue weighted by atomic mass is 16.3. The summed E-state index contributed by atoms with van der Waals surface area (Å²) in [5.41, 5.74) is 2.33. The minimum atomic E-state index is 0.698. The molecular weight excluding hydrogens is 202 g/mol. The maximum atomic E-state index is 5.76. The molecule has 0 aliphatic heterocycles. The summed E-state index contributed by atoms with van der Waals surface area (Å²) in [7, 11) is 1.92. The fourth-order valence-corrected chi connectivity index (χ4v) is 1.72. The first kappa shape index (κ1) is 11.0. The first-order valence-electron chi connectivity index (χ1n) is 5.42. The van der Waals surface area contributed by atoms with Crippen molar-refractivity contribution < 1.29 is 4.42 Å². The number of aromatic nitrogens is 2. The van der Waals surface area contributed by atoms with Gasteiger partial charge in [-0.2, -0.15) is 5.10 Å². The van der Waals surface area contributed by atoms with E-state index in [4.69, 9.17) is 4.42 Å². The standard InChI is InChI=1S/C12H17N3O/c1-9-6-11(16-12(9)7-13-3)8-15-10(2)4-5-14-15/h4-6,13H,7-8H2,1-3H3. The van der Waals surface area contributed by atoms with E-state index in [0.29, 0.717) is 6.54 Å². The minimum Gasteiger partial charge on any atom is -0.462 e. The molecule has 86 valence electrons. The van der Waals surface area contributed by atoms with Crippen LogP contribution in [0.15, 0.2) is 22.7 Å². The van der Waals surface area contributed by atoms with Crippen LogP contribution in [-0.2, 0) is 13.1 Å². The summed E-state index contributed by atoms with van der Waals surface area (Å²) in [5.74, 6) is 1.96. The molecule has 2 rings (SSSR count). The van der Waals surface area contributed by atoms with E-state index in [1.54, 1.807) is 6.20 Å². The van der Waals surface area contributed by atoms with E-state index in [0.717, 1.165) is 23.8 Å². The summed E-state index contributed by atoms with van der Waals surface area (Å²) in [6.07, 6.45) is 1.81. The van der Waals surface area contributed by atoms with Crippen LogP contribution in [0.5, 0.6) is 0 Å². The van der Waals surface area contributed by atoms with Crippen molar-refractivity contribution in [2.45, 2.75) is 26.9 Å². The fourth-order valence-electron chi connectivity index (χ4n) is 1.72. The van der Waals surface area contributed by atoms with Crippen molar-refractivity contribution in [1.82, 2.24) is 15.1 Å². The molecule has 2 heterocycles. The van der Waals surface area contributed by atoms with Crippen LogP contribution < -0.4 is 5.32 Å². The van der Waals surface area contributed by atoms with E-state index in [1.807, 2.05) is 24.7 Å². The molecule has 0 spiro atoms. The molecule has 16 heavy (non-hydrogen) atoms. The summed E-state index contributed by atoms with van der Waals surface area (Å²) in [6, 6.07) is 4.07. The van der Waals surface area contributed by atoms with E-state index >= 15 is 0 Å². The number of hydrogen-bond acceptors (Lipinski definition) is 3. The summed E-state index contributed by atoms with van der Waals surface area (Å²) in [6.45, 7) is 5.57. The maximum Gasteiger partial charge on any atom is 0.126 e. The lowest BCUT2D eigenvalue weighted by atomic mass is 10.2. The number of nitrogens with zero attached hydrogens (tertiary/aromatic N) is 2. The Bertz CT molecular complexity index is 470. The van der Waals surface area contributed by atoms with E-state index in [9.17, 15) is 0 Å². The topological polar surface area (TPSA) is 43.0 Å². The largest absolute Gasteiger partial charge is 0.462 e. The predicted octanol–water partition coefficient (Wildman–Crippen LogP) is 1.86. The second-order valence-electron chi connectivity index (χ2n) is 3.98. The van der Waals surface area contributed by atoms with Crippen LogP contribution >= 0.6 is 0 Å². The van der Waals surface area contributed by atoms with Gasteiger partial charge in [0.05, 0.1) is 13.1 Å². The van der Waals surface area contributed by atoms with Gasteiger partial charge < -0.3 is 9.73 Å². The van der Waals surface area contributed by atoms with Crippen molar-refractivity contribution in [2.24, 2.45) is 0 Å². The fraction of sp³-hybridized carbons (Fsp3) is 0.417. The lowest BCUT2D eigenvalue weighted by Crippen LogP contribution is -2.05. The molecule has 1 N–H and O–H groups in total. The molecule has 2 aromatic rings. The molecule has 0 radical (unpaired) electrons. The smallest absolute Gasteiger partial charge is 0.126 e. The number of furan rings is 1. The monoisotopic (exact) mass is 219 g/mol. The third kappa shape index (κ3) is 2.17. The Labute approximate surface area is 95.3 Å². The second kappa shape index (κ2) is 4.53. The predicted molar refractivity (Wildman–Crippen MR) is 62.3 cm³/mol. The van der Waals surface area contributed by atoms with Gasteiger partial charge in [-0.25, -0.2) is 0 Å². The second-order valence-corrected chi connectivity index (χ2v) is 3.98. The number of aryl methyl sites for hydroxylation is 2. The van der Waals surface area contributed by atoms with Crippen LogP contribution in [-0.4, -0.2) is 16.8 Å². The molecule has 0 saturated carbocycles. The number of nitrogens with one attached hydrogen (secondary N) is 1. The highest BCUT2D eigenvalue weighted by molar-refractivity contribution is 5.20. The molecular formula is C12H17N3O. The molecule has 0 saturated heterocycles. The molecule has 0 amide bonds. The zero-order valence-corrected chi connectivity index (χ0v) is 9.95.